The van der Waals surface area contributed by atoms with Crippen LogP contribution >= 0.6 is 34.2 Å². The summed E-state index contributed by atoms with van der Waals surface area (Å²) in [6, 6.07) is 7.42. The number of hydrogen-bond acceptors (Lipinski definition) is 3. The molecule has 0 radical (unpaired) electrons. The van der Waals surface area contributed by atoms with E-state index in [1.807, 2.05) is 24.3 Å². The van der Waals surface area contributed by atoms with Crippen LogP contribution in [0.4, 0.5) is 0 Å². The second kappa shape index (κ2) is 5.86. The van der Waals surface area contributed by atoms with Gasteiger partial charge in [-0.25, -0.2) is 0 Å². The van der Waals surface area contributed by atoms with E-state index in [1.54, 1.807) is 19.5 Å². The van der Waals surface area contributed by atoms with E-state index in [0.717, 1.165) is 14.7 Å². The third-order valence-electron chi connectivity index (χ3n) is 2.63. The van der Waals surface area contributed by atoms with Gasteiger partial charge < -0.3 is 10.5 Å². The molecule has 1 atom stereocenters. The smallest absolute Gasteiger partial charge is 0.137 e. The maximum atomic E-state index is 6.20. The van der Waals surface area contributed by atoms with Crippen LogP contribution in [0.15, 0.2) is 36.7 Å². The summed E-state index contributed by atoms with van der Waals surface area (Å²) in [5.74, 6) is 0.694. The van der Waals surface area contributed by atoms with Crippen LogP contribution in [-0.2, 0) is 0 Å². The molecule has 1 aromatic heterocycles. The molecule has 5 heteroatoms. The Kier molecular flexibility index (Phi) is 4.42. The van der Waals surface area contributed by atoms with Crippen molar-refractivity contribution in [3.8, 4) is 5.75 Å². The maximum Gasteiger partial charge on any atom is 0.137 e. The molecule has 2 rings (SSSR count). The largest absolute Gasteiger partial charge is 0.495 e. The summed E-state index contributed by atoms with van der Waals surface area (Å²) >= 11 is 8.29. The fraction of sp³-hybridized carbons (Fsp3) is 0.154. The number of halogens is 2. The molecule has 0 aliphatic heterocycles. The summed E-state index contributed by atoms with van der Waals surface area (Å²) in [5, 5.41) is 0.708. The van der Waals surface area contributed by atoms with Gasteiger partial charge in [0.25, 0.3) is 0 Å². The molecule has 1 aromatic carbocycles. The molecule has 0 aliphatic rings. The molecule has 0 fully saturated rings. The molecule has 2 aromatic rings. The third kappa shape index (κ3) is 2.93. The number of aromatic nitrogens is 1. The normalized spacial score (nSPS) is 12.2. The van der Waals surface area contributed by atoms with Crippen LogP contribution in [0, 0.1) is 3.57 Å². The number of ether oxygens (including phenoxy) is 1. The molecule has 1 heterocycles. The molecule has 18 heavy (non-hydrogen) atoms. The Morgan fingerprint density at radius 1 is 1.28 bits per heavy atom. The van der Waals surface area contributed by atoms with Crippen molar-refractivity contribution in [3.63, 3.8) is 0 Å². The van der Waals surface area contributed by atoms with Gasteiger partial charge in [-0.2, -0.15) is 0 Å². The minimum atomic E-state index is -0.262. The minimum Gasteiger partial charge on any atom is -0.495 e. The van der Waals surface area contributed by atoms with Gasteiger partial charge in [0.05, 0.1) is 24.4 Å². The van der Waals surface area contributed by atoms with Crippen molar-refractivity contribution in [2.45, 2.75) is 6.04 Å². The highest BCUT2D eigenvalue weighted by Gasteiger charge is 2.11. The number of hydrogen-bond donors (Lipinski definition) is 1. The van der Waals surface area contributed by atoms with Crippen molar-refractivity contribution in [3.05, 3.63) is 56.4 Å². The van der Waals surface area contributed by atoms with Crippen LogP contribution in [0.1, 0.15) is 17.2 Å². The Bertz CT molecular complexity index is 562. The van der Waals surface area contributed by atoms with E-state index in [1.165, 1.54) is 0 Å². The van der Waals surface area contributed by atoms with Gasteiger partial charge >= 0.3 is 0 Å². The summed E-state index contributed by atoms with van der Waals surface area (Å²) < 4.78 is 6.15. The second-order valence-corrected chi connectivity index (χ2v) is 5.38. The molecule has 3 nitrogen and oxygen atoms in total. The van der Waals surface area contributed by atoms with Gasteiger partial charge in [0, 0.05) is 9.77 Å². The van der Waals surface area contributed by atoms with Gasteiger partial charge in [0.15, 0.2) is 0 Å². The van der Waals surface area contributed by atoms with Crippen LogP contribution in [0.5, 0.6) is 5.75 Å². The molecule has 0 aliphatic carbocycles. The Balaban J connectivity index is 2.34. The monoisotopic (exact) mass is 374 g/mol. The number of benzene rings is 1. The van der Waals surface area contributed by atoms with Crippen molar-refractivity contribution < 1.29 is 4.74 Å². The fourth-order valence-electron chi connectivity index (χ4n) is 1.62. The number of pyridine rings is 1. The fourth-order valence-corrected chi connectivity index (χ4v) is 2.14. The van der Waals surface area contributed by atoms with Gasteiger partial charge in [-0.1, -0.05) is 17.7 Å². The SMILES string of the molecule is COc1cncc(C(N)c2ccc(I)c(Cl)c2)c1. The highest BCUT2D eigenvalue weighted by Crippen LogP contribution is 2.26. The van der Waals surface area contributed by atoms with Crippen molar-refractivity contribution in [2.24, 2.45) is 5.73 Å². The number of nitrogens with two attached hydrogens (primary N) is 1. The molecule has 0 amide bonds. The molecular weight excluding hydrogens is 363 g/mol. The highest BCUT2D eigenvalue weighted by atomic mass is 127. The lowest BCUT2D eigenvalue weighted by Crippen LogP contribution is -2.12. The quantitative estimate of drug-likeness (QED) is 0.838. The van der Waals surface area contributed by atoms with E-state index < -0.39 is 0 Å². The zero-order chi connectivity index (χ0) is 13.1. The topological polar surface area (TPSA) is 48.1 Å². The number of nitrogens with zero attached hydrogens (tertiary/aromatic N) is 1. The van der Waals surface area contributed by atoms with E-state index in [2.05, 4.69) is 27.6 Å². The third-order valence-corrected chi connectivity index (χ3v) is 4.20. The molecule has 0 spiro atoms. The Hall–Kier alpha value is -0.850. The lowest BCUT2D eigenvalue weighted by molar-refractivity contribution is 0.412. The summed E-state index contributed by atoms with van der Waals surface area (Å²) in [6.45, 7) is 0. The van der Waals surface area contributed by atoms with Crippen LogP contribution in [-0.4, -0.2) is 12.1 Å². The molecule has 2 N–H and O–H groups in total. The van der Waals surface area contributed by atoms with Crippen LogP contribution in [0.3, 0.4) is 0 Å². The van der Waals surface area contributed by atoms with E-state index in [9.17, 15) is 0 Å². The maximum absolute atomic E-state index is 6.20. The van der Waals surface area contributed by atoms with Gasteiger partial charge in [-0.05, 0) is 51.9 Å². The first-order valence-electron chi connectivity index (χ1n) is 5.31. The zero-order valence-corrected chi connectivity index (χ0v) is 12.6. The number of rotatable bonds is 3. The van der Waals surface area contributed by atoms with Crippen molar-refractivity contribution >= 4 is 34.2 Å². The molecule has 0 saturated carbocycles. The Morgan fingerprint density at radius 2 is 2.06 bits per heavy atom. The number of methoxy groups -OCH3 is 1. The molecule has 0 saturated heterocycles. The summed E-state index contributed by atoms with van der Waals surface area (Å²) in [5.41, 5.74) is 8.05. The Morgan fingerprint density at radius 3 is 2.72 bits per heavy atom. The summed E-state index contributed by atoms with van der Waals surface area (Å²) in [6.07, 6.45) is 3.39. The molecule has 1 unspecified atom stereocenters. The predicted molar refractivity (Wildman–Crippen MR) is 81.0 cm³/mol. The molecule has 94 valence electrons. The minimum absolute atomic E-state index is 0.262. The first kappa shape index (κ1) is 13.6. The van der Waals surface area contributed by atoms with E-state index >= 15 is 0 Å². The average molecular weight is 375 g/mol. The summed E-state index contributed by atoms with van der Waals surface area (Å²) in [4.78, 5) is 4.10. The predicted octanol–water partition coefficient (Wildman–Crippen LogP) is 3.40. The molecule has 0 bridgehead atoms. The average Bonchev–Trinajstić information content (AvgIpc) is 2.41. The van der Waals surface area contributed by atoms with E-state index in [0.29, 0.717) is 10.8 Å². The van der Waals surface area contributed by atoms with Gasteiger partial charge in [0.1, 0.15) is 5.75 Å². The zero-order valence-electron chi connectivity index (χ0n) is 9.73. The standard InChI is InChI=1S/C13H12ClIN2O/c1-18-10-4-9(6-17-7-10)13(16)8-2-3-12(15)11(14)5-8/h2-7,13H,16H2,1H3. The van der Waals surface area contributed by atoms with Crippen molar-refractivity contribution in [1.82, 2.24) is 4.98 Å². The van der Waals surface area contributed by atoms with Gasteiger partial charge in [-0.15, -0.1) is 0 Å². The highest BCUT2D eigenvalue weighted by molar-refractivity contribution is 14.1. The summed E-state index contributed by atoms with van der Waals surface area (Å²) in [7, 11) is 1.61. The van der Waals surface area contributed by atoms with E-state index in [4.69, 9.17) is 22.1 Å². The van der Waals surface area contributed by atoms with Crippen LogP contribution in [0.2, 0.25) is 5.02 Å². The van der Waals surface area contributed by atoms with Gasteiger partial charge in [-0.3, -0.25) is 4.98 Å². The van der Waals surface area contributed by atoms with Crippen molar-refractivity contribution in [1.29, 1.82) is 0 Å². The van der Waals surface area contributed by atoms with E-state index in [-0.39, 0.29) is 6.04 Å². The van der Waals surface area contributed by atoms with Crippen LogP contribution in [0.25, 0.3) is 0 Å². The van der Waals surface area contributed by atoms with Crippen molar-refractivity contribution in [2.75, 3.05) is 7.11 Å². The van der Waals surface area contributed by atoms with Crippen LogP contribution < -0.4 is 10.5 Å². The lowest BCUT2D eigenvalue weighted by Gasteiger charge is -2.13. The second-order valence-electron chi connectivity index (χ2n) is 3.81. The lowest BCUT2D eigenvalue weighted by atomic mass is 10.0. The first-order valence-corrected chi connectivity index (χ1v) is 6.77. The first-order chi connectivity index (χ1) is 8.61. The Labute approximate surface area is 124 Å². The van der Waals surface area contributed by atoms with Gasteiger partial charge in [0.2, 0.25) is 0 Å². The molecular formula is C13H12ClIN2O.